The molecular weight excluding hydrogens is 282 g/mol. The molecule has 2 rings (SSSR count). The first-order chi connectivity index (χ1) is 9.77. The molecule has 1 heterocycles. The van der Waals surface area contributed by atoms with Crippen molar-refractivity contribution in [2.75, 3.05) is 0 Å². The van der Waals surface area contributed by atoms with E-state index in [4.69, 9.17) is 11.6 Å². The fourth-order valence-corrected chi connectivity index (χ4v) is 2.65. The number of rotatable bonds is 4. The summed E-state index contributed by atoms with van der Waals surface area (Å²) in [4.78, 5) is 0. The average molecular weight is 306 g/mol. The van der Waals surface area contributed by atoms with Gasteiger partial charge in [0.25, 0.3) is 0 Å². The molecule has 3 nitrogen and oxygen atoms in total. The second kappa shape index (κ2) is 6.20. The number of nitrogens with zero attached hydrogens (tertiary/aromatic N) is 2. The molecule has 0 aliphatic rings. The van der Waals surface area contributed by atoms with Crippen molar-refractivity contribution in [3.63, 3.8) is 0 Å². The Morgan fingerprint density at radius 2 is 2.05 bits per heavy atom. The third-order valence-electron chi connectivity index (χ3n) is 3.56. The Bertz CT molecular complexity index is 611. The highest BCUT2D eigenvalue weighted by molar-refractivity contribution is 6.30. The summed E-state index contributed by atoms with van der Waals surface area (Å²) < 4.78 is 1.89. The minimum Gasteiger partial charge on any atom is -0.306 e. The van der Waals surface area contributed by atoms with Crippen LogP contribution >= 0.6 is 11.6 Å². The normalized spacial score (nSPS) is 13.4. The van der Waals surface area contributed by atoms with Gasteiger partial charge in [-0.25, -0.2) is 0 Å². The molecular formula is C17H24ClN3. The van der Waals surface area contributed by atoms with Gasteiger partial charge in [-0.2, -0.15) is 5.10 Å². The van der Waals surface area contributed by atoms with Gasteiger partial charge < -0.3 is 5.32 Å². The highest BCUT2D eigenvalue weighted by atomic mass is 35.5. The van der Waals surface area contributed by atoms with Crippen molar-refractivity contribution in [3.8, 4) is 0 Å². The van der Waals surface area contributed by atoms with Gasteiger partial charge in [0.1, 0.15) is 0 Å². The van der Waals surface area contributed by atoms with E-state index in [1.165, 1.54) is 11.1 Å². The number of nitrogens with one attached hydrogen (secondary N) is 1. The Balaban J connectivity index is 2.10. The number of benzene rings is 1. The van der Waals surface area contributed by atoms with Gasteiger partial charge in [-0.1, -0.05) is 44.5 Å². The van der Waals surface area contributed by atoms with Crippen LogP contribution in [0.4, 0.5) is 0 Å². The third kappa shape index (κ3) is 4.08. The van der Waals surface area contributed by atoms with Gasteiger partial charge >= 0.3 is 0 Å². The van der Waals surface area contributed by atoms with E-state index in [2.05, 4.69) is 50.4 Å². The smallest absolute Gasteiger partial charge is 0.0722 e. The van der Waals surface area contributed by atoms with E-state index in [1.54, 1.807) is 0 Å². The highest BCUT2D eigenvalue weighted by Gasteiger charge is 2.21. The van der Waals surface area contributed by atoms with E-state index in [0.717, 1.165) is 17.3 Å². The molecule has 4 heteroatoms. The van der Waals surface area contributed by atoms with E-state index in [1.807, 2.05) is 29.9 Å². The lowest BCUT2D eigenvalue weighted by atomic mass is 9.89. The Hall–Kier alpha value is -1.32. The highest BCUT2D eigenvalue weighted by Crippen LogP contribution is 2.25. The SMILES string of the molecule is C[C@H](NCc1cn(C)nc1C(C)(C)C)c1cccc(Cl)c1. The van der Waals surface area contributed by atoms with Crippen molar-refractivity contribution in [2.24, 2.45) is 7.05 Å². The van der Waals surface area contributed by atoms with Crippen molar-refractivity contribution >= 4 is 11.6 Å². The van der Waals surface area contributed by atoms with Crippen molar-refractivity contribution < 1.29 is 0 Å². The van der Waals surface area contributed by atoms with E-state index >= 15 is 0 Å². The van der Waals surface area contributed by atoms with Crippen LogP contribution < -0.4 is 5.32 Å². The van der Waals surface area contributed by atoms with Crippen LogP contribution in [0.15, 0.2) is 30.5 Å². The molecule has 0 aliphatic heterocycles. The molecule has 21 heavy (non-hydrogen) atoms. The molecule has 0 aliphatic carbocycles. The molecule has 1 N–H and O–H groups in total. The summed E-state index contributed by atoms with van der Waals surface area (Å²) >= 11 is 6.05. The molecule has 0 bridgehead atoms. The van der Waals surface area contributed by atoms with Crippen LogP contribution in [0, 0.1) is 0 Å². The van der Waals surface area contributed by atoms with Crippen LogP contribution in [0.5, 0.6) is 0 Å². The van der Waals surface area contributed by atoms with Gasteiger partial charge in [0.2, 0.25) is 0 Å². The van der Waals surface area contributed by atoms with Gasteiger partial charge in [0, 0.05) is 41.8 Å². The van der Waals surface area contributed by atoms with Crippen LogP contribution in [0.1, 0.15) is 50.6 Å². The first-order valence-corrected chi connectivity index (χ1v) is 7.67. The average Bonchev–Trinajstić information content (AvgIpc) is 2.77. The predicted octanol–water partition coefficient (Wildman–Crippen LogP) is 4.22. The standard InChI is InChI=1S/C17H24ClN3/c1-12(13-7-6-8-15(18)9-13)19-10-14-11-21(5)20-16(14)17(2,3)4/h6-9,11-12,19H,10H2,1-5H3/t12-/m0/s1. The zero-order valence-corrected chi connectivity index (χ0v) is 14.2. The molecule has 0 unspecified atom stereocenters. The van der Waals surface area contributed by atoms with Crippen molar-refractivity contribution in [1.29, 1.82) is 0 Å². The Kier molecular flexibility index (Phi) is 4.74. The fraction of sp³-hybridized carbons (Fsp3) is 0.471. The minimum absolute atomic E-state index is 0.0531. The van der Waals surface area contributed by atoms with Crippen LogP contribution in [-0.2, 0) is 19.0 Å². The van der Waals surface area contributed by atoms with Gasteiger partial charge in [0.05, 0.1) is 5.69 Å². The predicted molar refractivity (Wildman–Crippen MR) is 88.6 cm³/mol. The summed E-state index contributed by atoms with van der Waals surface area (Å²) in [6.07, 6.45) is 2.10. The Morgan fingerprint density at radius 3 is 2.67 bits per heavy atom. The van der Waals surface area contributed by atoms with Gasteiger partial charge in [-0.15, -0.1) is 0 Å². The van der Waals surface area contributed by atoms with Gasteiger partial charge in [-0.3, -0.25) is 4.68 Å². The van der Waals surface area contributed by atoms with Crippen LogP contribution in [0.2, 0.25) is 5.02 Å². The largest absolute Gasteiger partial charge is 0.306 e. The fourth-order valence-electron chi connectivity index (χ4n) is 2.46. The number of aromatic nitrogens is 2. The number of hydrogen-bond acceptors (Lipinski definition) is 2. The van der Waals surface area contributed by atoms with E-state index < -0.39 is 0 Å². The monoisotopic (exact) mass is 305 g/mol. The maximum atomic E-state index is 6.05. The Labute approximate surface area is 132 Å². The summed E-state index contributed by atoms with van der Waals surface area (Å²) in [5.74, 6) is 0. The second-order valence-electron chi connectivity index (χ2n) is 6.58. The zero-order chi connectivity index (χ0) is 15.6. The lowest BCUT2D eigenvalue weighted by Crippen LogP contribution is -2.21. The first-order valence-electron chi connectivity index (χ1n) is 7.29. The summed E-state index contributed by atoms with van der Waals surface area (Å²) in [5, 5.41) is 8.93. The summed E-state index contributed by atoms with van der Waals surface area (Å²) in [5.41, 5.74) is 3.65. The molecule has 0 saturated carbocycles. The number of halogens is 1. The van der Waals surface area contributed by atoms with Crippen LogP contribution in [0.25, 0.3) is 0 Å². The summed E-state index contributed by atoms with van der Waals surface area (Å²) in [7, 11) is 1.97. The lowest BCUT2D eigenvalue weighted by Gasteiger charge is -2.19. The van der Waals surface area contributed by atoms with Gasteiger partial charge in [0.15, 0.2) is 0 Å². The molecule has 1 atom stereocenters. The van der Waals surface area contributed by atoms with Crippen molar-refractivity contribution in [3.05, 3.63) is 52.3 Å². The second-order valence-corrected chi connectivity index (χ2v) is 7.02. The van der Waals surface area contributed by atoms with Crippen molar-refractivity contribution in [2.45, 2.75) is 45.7 Å². The zero-order valence-electron chi connectivity index (χ0n) is 13.4. The molecule has 0 saturated heterocycles. The topological polar surface area (TPSA) is 29.9 Å². The van der Waals surface area contributed by atoms with E-state index in [9.17, 15) is 0 Å². The molecule has 0 amide bonds. The number of hydrogen-bond donors (Lipinski definition) is 1. The maximum absolute atomic E-state index is 6.05. The Morgan fingerprint density at radius 1 is 1.33 bits per heavy atom. The quantitative estimate of drug-likeness (QED) is 0.916. The first kappa shape index (κ1) is 16.1. The lowest BCUT2D eigenvalue weighted by molar-refractivity contribution is 0.531. The molecule has 0 fully saturated rings. The molecule has 1 aromatic heterocycles. The third-order valence-corrected chi connectivity index (χ3v) is 3.80. The summed E-state index contributed by atoms with van der Waals surface area (Å²) in [6, 6.07) is 8.23. The summed E-state index contributed by atoms with van der Waals surface area (Å²) in [6.45, 7) is 9.53. The number of aryl methyl sites for hydroxylation is 1. The molecule has 0 radical (unpaired) electrons. The van der Waals surface area contributed by atoms with Crippen LogP contribution in [-0.4, -0.2) is 9.78 Å². The van der Waals surface area contributed by atoms with Gasteiger partial charge in [-0.05, 0) is 24.6 Å². The minimum atomic E-state index is 0.0531. The molecule has 114 valence electrons. The molecule has 0 spiro atoms. The molecule has 1 aromatic carbocycles. The van der Waals surface area contributed by atoms with E-state index in [-0.39, 0.29) is 11.5 Å². The van der Waals surface area contributed by atoms with Crippen LogP contribution in [0.3, 0.4) is 0 Å². The van der Waals surface area contributed by atoms with Crippen molar-refractivity contribution in [1.82, 2.24) is 15.1 Å². The van der Waals surface area contributed by atoms with E-state index in [0.29, 0.717) is 0 Å². The molecule has 2 aromatic rings. The maximum Gasteiger partial charge on any atom is 0.0722 e.